The first-order chi connectivity index (χ1) is 8.79. The second-order valence-corrected chi connectivity index (χ2v) is 6.11. The molecular formula is C13H22F2O3S. The summed E-state index contributed by atoms with van der Waals surface area (Å²) in [5.41, 5.74) is -0.644. The summed E-state index contributed by atoms with van der Waals surface area (Å²) in [6.07, 6.45) is 5.48. The number of halogens is 2. The average Bonchev–Trinajstić information content (AvgIpc) is 2.37. The van der Waals surface area contributed by atoms with Crippen molar-refractivity contribution < 1.29 is 22.7 Å². The molecule has 1 rings (SSSR count). The van der Waals surface area contributed by atoms with E-state index in [1.165, 1.54) is 13.5 Å². The fourth-order valence-electron chi connectivity index (χ4n) is 2.38. The molecule has 0 amide bonds. The molecule has 0 aliphatic heterocycles. The van der Waals surface area contributed by atoms with Gasteiger partial charge in [-0.1, -0.05) is 25.8 Å². The molecule has 0 aromatic heterocycles. The van der Waals surface area contributed by atoms with Gasteiger partial charge in [-0.25, -0.2) is 4.89 Å². The van der Waals surface area contributed by atoms with Gasteiger partial charge >= 0.3 is 5.25 Å². The van der Waals surface area contributed by atoms with Crippen LogP contribution in [0.25, 0.3) is 0 Å². The number of hydrogen-bond acceptors (Lipinski definition) is 4. The second kappa shape index (κ2) is 6.90. The molecule has 0 spiro atoms. The first-order valence-corrected chi connectivity index (χ1v) is 7.18. The standard InChI is InChI=1S/C13H22F2O3S/c1-10(13(14,15)19-18-16-4)17-12(2,3)11-8-6-5-7-9-11/h11H,1,5-9H2,2-4H3. The van der Waals surface area contributed by atoms with Crippen LogP contribution in [0.4, 0.5) is 8.78 Å². The summed E-state index contributed by atoms with van der Waals surface area (Å²) < 4.78 is 36.9. The fourth-order valence-corrected chi connectivity index (χ4v) is 2.67. The summed E-state index contributed by atoms with van der Waals surface area (Å²) in [5.74, 6) is -0.313. The van der Waals surface area contributed by atoms with E-state index in [2.05, 4.69) is 15.8 Å². The van der Waals surface area contributed by atoms with Crippen molar-refractivity contribution in [2.24, 2.45) is 5.92 Å². The van der Waals surface area contributed by atoms with E-state index in [1.807, 2.05) is 13.8 Å². The Labute approximate surface area is 117 Å². The molecule has 0 atom stereocenters. The van der Waals surface area contributed by atoms with Crippen molar-refractivity contribution in [1.29, 1.82) is 0 Å². The maximum Gasteiger partial charge on any atom is 0.376 e. The van der Waals surface area contributed by atoms with Crippen molar-refractivity contribution in [2.75, 3.05) is 7.11 Å². The summed E-state index contributed by atoms with van der Waals surface area (Å²) in [6.45, 7) is 7.01. The van der Waals surface area contributed by atoms with E-state index in [1.54, 1.807) is 0 Å². The largest absolute Gasteiger partial charge is 0.485 e. The Morgan fingerprint density at radius 2 is 1.79 bits per heavy atom. The van der Waals surface area contributed by atoms with E-state index in [9.17, 15) is 8.78 Å². The molecule has 3 nitrogen and oxygen atoms in total. The molecule has 0 saturated heterocycles. The van der Waals surface area contributed by atoms with E-state index in [0.29, 0.717) is 0 Å². The van der Waals surface area contributed by atoms with Crippen LogP contribution >= 0.6 is 12.0 Å². The van der Waals surface area contributed by atoms with Crippen LogP contribution in [0.5, 0.6) is 0 Å². The van der Waals surface area contributed by atoms with Gasteiger partial charge in [-0.15, -0.1) is 0 Å². The zero-order chi connectivity index (χ0) is 14.5. The molecule has 1 fully saturated rings. The molecule has 1 aliphatic rings. The van der Waals surface area contributed by atoms with Crippen molar-refractivity contribution in [3.63, 3.8) is 0 Å². The highest BCUT2D eigenvalue weighted by Crippen LogP contribution is 2.42. The van der Waals surface area contributed by atoms with Crippen molar-refractivity contribution in [2.45, 2.75) is 56.8 Å². The lowest BCUT2D eigenvalue weighted by atomic mass is 9.79. The van der Waals surface area contributed by atoms with Gasteiger partial charge in [0.15, 0.2) is 5.76 Å². The van der Waals surface area contributed by atoms with Crippen molar-refractivity contribution >= 4 is 12.0 Å². The van der Waals surface area contributed by atoms with Gasteiger partial charge in [0.25, 0.3) is 0 Å². The van der Waals surface area contributed by atoms with Gasteiger partial charge in [0.2, 0.25) is 0 Å². The van der Waals surface area contributed by atoms with E-state index in [4.69, 9.17) is 4.74 Å². The molecule has 6 heteroatoms. The summed E-state index contributed by atoms with van der Waals surface area (Å²) in [7, 11) is 1.17. The fraction of sp³-hybridized carbons (Fsp3) is 0.846. The van der Waals surface area contributed by atoms with Gasteiger partial charge < -0.3 is 4.74 Å². The zero-order valence-corrected chi connectivity index (χ0v) is 12.5. The predicted octanol–water partition coefficient (Wildman–Crippen LogP) is 4.69. The first kappa shape index (κ1) is 16.7. The molecule has 0 radical (unpaired) electrons. The second-order valence-electron chi connectivity index (χ2n) is 5.30. The highest BCUT2D eigenvalue weighted by atomic mass is 32.2. The number of alkyl halides is 2. The summed E-state index contributed by atoms with van der Waals surface area (Å²) >= 11 is -0.106. The van der Waals surface area contributed by atoms with Crippen LogP contribution < -0.4 is 0 Å². The van der Waals surface area contributed by atoms with Gasteiger partial charge in [-0.2, -0.15) is 13.1 Å². The normalized spacial score (nSPS) is 18.4. The van der Waals surface area contributed by atoms with Crippen LogP contribution in [-0.4, -0.2) is 18.0 Å². The van der Waals surface area contributed by atoms with Crippen molar-refractivity contribution in [1.82, 2.24) is 0 Å². The molecule has 0 aromatic carbocycles. The van der Waals surface area contributed by atoms with Crippen molar-refractivity contribution in [3.8, 4) is 0 Å². The lowest BCUT2D eigenvalue weighted by Gasteiger charge is -2.38. The third-order valence-electron chi connectivity index (χ3n) is 3.51. The van der Waals surface area contributed by atoms with Crippen molar-refractivity contribution in [3.05, 3.63) is 12.3 Å². The molecule has 0 bridgehead atoms. The minimum absolute atomic E-state index is 0.106. The average molecular weight is 296 g/mol. The number of hydrogen-bond donors (Lipinski definition) is 0. The Morgan fingerprint density at radius 1 is 1.21 bits per heavy atom. The van der Waals surface area contributed by atoms with E-state index in [-0.39, 0.29) is 18.0 Å². The molecule has 0 N–H and O–H groups in total. The lowest BCUT2D eigenvalue weighted by Crippen LogP contribution is -2.37. The molecule has 0 aromatic rings. The summed E-state index contributed by atoms with van der Waals surface area (Å²) in [5, 5.41) is -3.33. The summed E-state index contributed by atoms with van der Waals surface area (Å²) in [4.78, 5) is 4.16. The SMILES string of the molecule is C=C(OC(C)(C)C1CCCCC1)C(F)(F)SOOC. The van der Waals surface area contributed by atoms with E-state index in [0.717, 1.165) is 25.7 Å². The molecule has 1 saturated carbocycles. The van der Waals surface area contributed by atoms with Gasteiger partial charge in [0.05, 0.1) is 7.11 Å². The minimum Gasteiger partial charge on any atom is -0.485 e. The van der Waals surface area contributed by atoms with Crippen LogP contribution in [0, 0.1) is 5.92 Å². The minimum atomic E-state index is -3.33. The molecule has 0 unspecified atom stereocenters. The Morgan fingerprint density at radius 3 is 2.32 bits per heavy atom. The maximum absolute atomic E-state index is 13.6. The Bertz CT molecular complexity index is 302. The van der Waals surface area contributed by atoms with Gasteiger partial charge in [-0.3, -0.25) is 0 Å². The Kier molecular flexibility index (Phi) is 6.08. The lowest BCUT2D eigenvalue weighted by molar-refractivity contribution is -0.167. The molecule has 0 heterocycles. The van der Waals surface area contributed by atoms with Crippen LogP contribution in [0.2, 0.25) is 0 Å². The van der Waals surface area contributed by atoms with Crippen LogP contribution in [0.15, 0.2) is 12.3 Å². The van der Waals surface area contributed by atoms with E-state index < -0.39 is 16.6 Å². The van der Waals surface area contributed by atoms with Crippen LogP contribution in [-0.2, 0) is 14.0 Å². The smallest absolute Gasteiger partial charge is 0.376 e. The third-order valence-corrected chi connectivity index (χ3v) is 4.15. The van der Waals surface area contributed by atoms with Crippen LogP contribution in [0.3, 0.4) is 0 Å². The molecular weight excluding hydrogens is 274 g/mol. The van der Waals surface area contributed by atoms with Gasteiger partial charge in [0, 0.05) is 0 Å². The van der Waals surface area contributed by atoms with E-state index >= 15 is 0 Å². The Hall–Kier alpha value is -0.330. The van der Waals surface area contributed by atoms with Crippen LogP contribution in [0.1, 0.15) is 46.0 Å². The highest BCUT2D eigenvalue weighted by molar-refractivity contribution is 7.95. The maximum atomic E-state index is 13.6. The molecule has 19 heavy (non-hydrogen) atoms. The molecule has 1 aliphatic carbocycles. The topological polar surface area (TPSA) is 27.7 Å². The predicted molar refractivity (Wildman–Crippen MR) is 71.5 cm³/mol. The van der Waals surface area contributed by atoms with Gasteiger partial charge in [-0.05, 0) is 32.6 Å². The number of rotatable bonds is 7. The quantitative estimate of drug-likeness (QED) is 0.295. The number of ether oxygens (including phenoxy) is 1. The molecule has 112 valence electrons. The third kappa shape index (κ3) is 4.93. The first-order valence-electron chi connectivity index (χ1n) is 6.44. The monoisotopic (exact) mass is 296 g/mol. The van der Waals surface area contributed by atoms with Gasteiger partial charge in [0.1, 0.15) is 17.6 Å². The zero-order valence-electron chi connectivity index (χ0n) is 11.7. The highest BCUT2D eigenvalue weighted by Gasteiger charge is 2.42. The Balaban J connectivity index is 2.58. The summed E-state index contributed by atoms with van der Waals surface area (Å²) in [6, 6.07) is 0.